The summed E-state index contributed by atoms with van der Waals surface area (Å²) in [6.07, 6.45) is 0.245. The molecule has 0 bridgehead atoms. The molecule has 0 saturated carbocycles. The zero-order valence-electron chi connectivity index (χ0n) is 5.45. The average Bonchev–Trinajstić information content (AvgIpc) is 2.03. The Bertz CT molecular complexity index is 298. The zero-order valence-corrected chi connectivity index (χ0v) is 7.04. The van der Waals surface area contributed by atoms with Crippen molar-refractivity contribution >= 4 is 28.0 Å². The van der Waals surface area contributed by atoms with Gasteiger partial charge >= 0.3 is 0 Å². The number of nitrogens with zero attached hydrogens (tertiary/aromatic N) is 1. The molecule has 0 aliphatic carbocycles. The summed E-state index contributed by atoms with van der Waals surface area (Å²) in [4.78, 5) is 24.5. The molecule has 0 aromatic carbocycles. The van der Waals surface area contributed by atoms with Crippen molar-refractivity contribution in [3.63, 3.8) is 0 Å². The Hall–Kier alpha value is -1.03. The second-order valence-corrected chi connectivity index (χ2v) is 2.64. The third kappa shape index (κ3) is 1.94. The van der Waals surface area contributed by atoms with Crippen LogP contribution in [0, 0.1) is 0 Å². The quantitative estimate of drug-likeness (QED) is 0.322. The van der Waals surface area contributed by atoms with Gasteiger partial charge in [-0.3, -0.25) is 9.59 Å². The van der Waals surface area contributed by atoms with Crippen molar-refractivity contribution < 1.29 is 9.59 Å². The van der Waals surface area contributed by atoms with Gasteiger partial charge in [-0.25, -0.2) is 4.98 Å². The number of aldehydes is 1. The molecule has 0 aliphatic heterocycles. The van der Waals surface area contributed by atoms with E-state index in [1.54, 1.807) is 12.1 Å². The lowest BCUT2D eigenvalue weighted by atomic mass is 10.3. The lowest BCUT2D eigenvalue weighted by Gasteiger charge is -1.92. The standard InChI is InChI=1S/C7H4BrNO2/c8-7-3-1-2-5(9-7)6(11)4-10/h1-4H. The number of halogens is 1. The average molecular weight is 214 g/mol. The maximum Gasteiger partial charge on any atom is 0.243 e. The van der Waals surface area contributed by atoms with Gasteiger partial charge in [-0.1, -0.05) is 6.07 Å². The van der Waals surface area contributed by atoms with E-state index in [0.717, 1.165) is 0 Å². The van der Waals surface area contributed by atoms with Gasteiger partial charge in [0.05, 0.1) is 0 Å². The van der Waals surface area contributed by atoms with Crippen LogP contribution in [0.15, 0.2) is 22.8 Å². The van der Waals surface area contributed by atoms with Gasteiger partial charge < -0.3 is 0 Å². The highest BCUT2D eigenvalue weighted by Crippen LogP contribution is 2.05. The second kappa shape index (κ2) is 3.39. The van der Waals surface area contributed by atoms with E-state index in [-0.39, 0.29) is 12.0 Å². The molecule has 4 heteroatoms. The molecule has 1 rings (SSSR count). The van der Waals surface area contributed by atoms with Gasteiger partial charge in [-0.2, -0.15) is 0 Å². The summed E-state index contributed by atoms with van der Waals surface area (Å²) in [6, 6.07) is 4.82. The second-order valence-electron chi connectivity index (χ2n) is 1.83. The van der Waals surface area contributed by atoms with E-state index in [1.807, 2.05) is 0 Å². The Balaban J connectivity index is 3.05. The molecular weight excluding hydrogens is 210 g/mol. The fourth-order valence-corrected chi connectivity index (χ4v) is 0.950. The molecule has 56 valence electrons. The molecule has 0 N–H and O–H groups in total. The lowest BCUT2D eigenvalue weighted by Crippen LogP contribution is -2.02. The summed E-state index contributed by atoms with van der Waals surface area (Å²) in [6.45, 7) is 0. The molecule has 11 heavy (non-hydrogen) atoms. The molecule has 1 heterocycles. The van der Waals surface area contributed by atoms with Gasteiger partial charge in [-0.05, 0) is 28.1 Å². The van der Waals surface area contributed by atoms with E-state index in [4.69, 9.17) is 0 Å². The number of carbonyl (C=O) groups excluding carboxylic acids is 2. The molecule has 0 radical (unpaired) electrons. The molecule has 0 atom stereocenters. The Kier molecular flexibility index (Phi) is 2.48. The summed E-state index contributed by atoms with van der Waals surface area (Å²) in [5.41, 5.74) is 0.161. The Morgan fingerprint density at radius 3 is 2.82 bits per heavy atom. The number of hydrogen-bond acceptors (Lipinski definition) is 3. The molecular formula is C7H4BrNO2. The van der Waals surface area contributed by atoms with Crippen molar-refractivity contribution in [3.05, 3.63) is 28.5 Å². The third-order valence-electron chi connectivity index (χ3n) is 1.07. The first-order valence-corrected chi connectivity index (χ1v) is 3.65. The van der Waals surface area contributed by atoms with E-state index in [0.29, 0.717) is 4.60 Å². The molecule has 0 unspecified atom stereocenters. The maximum absolute atomic E-state index is 10.7. The van der Waals surface area contributed by atoms with Crippen LogP contribution in [0.4, 0.5) is 0 Å². The highest BCUT2D eigenvalue weighted by molar-refractivity contribution is 9.10. The minimum atomic E-state index is -0.605. The van der Waals surface area contributed by atoms with Gasteiger partial charge in [0.2, 0.25) is 5.78 Å². The summed E-state index contributed by atoms with van der Waals surface area (Å²) in [5, 5.41) is 0. The Morgan fingerprint density at radius 1 is 1.55 bits per heavy atom. The predicted octanol–water partition coefficient (Wildman–Crippen LogP) is 1.23. The van der Waals surface area contributed by atoms with Crippen molar-refractivity contribution in [2.24, 2.45) is 0 Å². The van der Waals surface area contributed by atoms with E-state index < -0.39 is 5.78 Å². The van der Waals surface area contributed by atoms with Crippen LogP contribution < -0.4 is 0 Å². The maximum atomic E-state index is 10.7. The number of hydrogen-bond donors (Lipinski definition) is 0. The van der Waals surface area contributed by atoms with E-state index in [2.05, 4.69) is 20.9 Å². The summed E-state index contributed by atoms with van der Waals surface area (Å²) < 4.78 is 0.546. The Labute approximate surface area is 71.6 Å². The summed E-state index contributed by atoms with van der Waals surface area (Å²) >= 11 is 3.08. The first kappa shape index (κ1) is 8.07. The third-order valence-corrected chi connectivity index (χ3v) is 1.52. The van der Waals surface area contributed by atoms with Crippen molar-refractivity contribution in [1.29, 1.82) is 0 Å². The summed E-state index contributed by atoms with van der Waals surface area (Å²) in [5.74, 6) is -0.605. The van der Waals surface area contributed by atoms with Crippen molar-refractivity contribution in [1.82, 2.24) is 4.98 Å². The smallest absolute Gasteiger partial charge is 0.243 e. The fourth-order valence-electron chi connectivity index (χ4n) is 0.606. The molecule has 0 fully saturated rings. The van der Waals surface area contributed by atoms with Crippen molar-refractivity contribution in [2.45, 2.75) is 0 Å². The monoisotopic (exact) mass is 213 g/mol. The van der Waals surface area contributed by atoms with E-state index >= 15 is 0 Å². The van der Waals surface area contributed by atoms with Gasteiger partial charge in [0, 0.05) is 0 Å². The molecule has 3 nitrogen and oxygen atoms in total. The minimum absolute atomic E-state index is 0.161. The molecule has 1 aromatic rings. The van der Waals surface area contributed by atoms with Crippen LogP contribution in [0.1, 0.15) is 10.5 Å². The van der Waals surface area contributed by atoms with E-state index in [1.165, 1.54) is 6.07 Å². The Morgan fingerprint density at radius 2 is 2.27 bits per heavy atom. The number of carbonyl (C=O) groups is 2. The SMILES string of the molecule is O=CC(=O)c1cccc(Br)n1. The largest absolute Gasteiger partial charge is 0.294 e. The zero-order chi connectivity index (χ0) is 8.27. The fraction of sp³-hybridized carbons (Fsp3) is 0. The number of ketones is 1. The van der Waals surface area contributed by atoms with Crippen LogP contribution in [0.25, 0.3) is 0 Å². The minimum Gasteiger partial charge on any atom is -0.294 e. The van der Waals surface area contributed by atoms with E-state index in [9.17, 15) is 9.59 Å². The predicted molar refractivity (Wildman–Crippen MR) is 42.3 cm³/mol. The topological polar surface area (TPSA) is 47.0 Å². The van der Waals surface area contributed by atoms with Gasteiger partial charge in [0.15, 0.2) is 6.29 Å². The number of Topliss-reactive ketones (excluding diaryl/α,β-unsaturated/α-hetero) is 1. The van der Waals surface area contributed by atoms with Crippen molar-refractivity contribution in [3.8, 4) is 0 Å². The molecule has 0 aliphatic rings. The van der Waals surface area contributed by atoms with Gasteiger partial charge in [-0.15, -0.1) is 0 Å². The van der Waals surface area contributed by atoms with Crippen LogP contribution >= 0.6 is 15.9 Å². The summed E-state index contributed by atoms with van der Waals surface area (Å²) in [7, 11) is 0. The highest BCUT2D eigenvalue weighted by atomic mass is 79.9. The normalized spacial score (nSPS) is 9.18. The molecule has 0 spiro atoms. The van der Waals surface area contributed by atoms with Gasteiger partial charge in [0.25, 0.3) is 0 Å². The lowest BCUT2D eigenvalue weighted by molar-refractivity contribution is -0.104. The van der Waals surface area contributed by atoms with Crippen LogP contribution in [0.3, 0.4) is 0 Å². The molecule has 1 aromatic heterocycles. The number of aromatic nitrogens is 1. The first-order chi connectivity index (χ1) is 5.24. The first-order valence-electron chi connectivity index (χ1n) is 2.86. The van der Waals surface area contributed by atoms with Crippen molar-refractivity contribution in [2.75, 3.05) is 0 Å². The van der Waals surface area contributed by atoms with Crippen LogP contribution in [-0.4, -0.2) is 17.1 Å². The molecule has 0 saturated heterocycles. The van der Waals surface area contributed by atoms with Crippen LogP contribution in [0.5, 0.6) is 0 Å². The molecule has 0 amide bonds. The number of rotatable bonds is 2. The van der Waals surface area contributed by atoms with Crippen LogP contribution in [-0.2, 0) is 4.79 Å². The van der Waals surface area contributed by atoms with Crippen LogP contribution in [0.2, 0.25) is 0 Å². The number of pyridine rings is 1. The highest BCUT2D eigenvalue weighted by Gasteiger charge is 2.04. The van der Waals surface area contributed by atoms with Gasteiger partial charge in [0.1, 0.15) is 10.3 Å².